The highest BCUT2D eigenvalue weighted by Gasteiger charge is 2.33. The average Bonchev–Trinajstić information content (AvgIpc) is 2.92. The number of thiophene rings is 1. The van der Waals surface area contributed by atoms with Crippen LogP contribution in [0.15, 0.2) is 24.3 Å². The molecule has 2 aliphatic rings. The van der Waals surface area contributed by atoms with Crippen molar-refractivity contribution in [1.29, 1.82) is 0 Å². The van der Waals surface area contributed by atoms with E-state index in [2.05, 4.69) is 41.5 Å². The lowest BCUT2D eigenvalue weighted by atomic mass is 9.99. The molecule has 2 N–H and O–H groups in total. The minimum absolute atomic E-state index is 0.0643. The van der Waals surface area contributed by atoms with Crippen molar-refractivity contribution in [3.05, 3.63) is 51.4 Å². The molecule has 1 atom stereocenters. The first-order valence-corrected chi connectivity index (χ1v) is 8.99. The van der Waals surface area contributed by atoms with Gasteiger partial charge in [0.05, 0.1) is 5.56 Å². The molecule has 4 nitrogen and oxygen atoms in total. The predicted molar refractivity (Wildman–Crippen MR) is 94.0 cm³/mol. The molecular weight excluding hydrogens is 306 g/mol. The smallest absolute Gasteiger partial charge is 0.256 e. The van der Waals surface area contributed by atoms with Gasteiger partial charge in [-0.05, 0) is 36.6 Å². The summed E-state index contributed by atoms with van der Waals surface area (Å²) >= 11 is 1.75. The first-order chi connectivity index (χ1) is 11.2. The molecule has 1 unspecified atom stereocenters. The third-order valence-electron chi connectivity index (χ3n) is 4.86. The van der Waals surface area contributed by atoms with Gasteiger partial charge in [-0.1, -0.05) is 31.2 Å². The molecule has 0 radical (unpaired) electrons. The number of nitrogens with one attached hydrogen (secondary N) is 2. The van der Waals surface area contributed by atoms with Crippen molar-refractivity contribution < 1.29 is 4.79 Å². The number of rotatable bonds is 2. The second-order valence-electron chi connectivity index (χ2n) is 6.23. The standard InChI is InChI=1S/C18H21N3OS/c1-3-21-9-8-13-14(10-21)23-18-15(13)17(22)19-16(20-18)12-7-5-4-6-11(12)2/h4-7,16,20H,3,8-10H2,1-2H3,(H,19,22). The Morgan fingerprint density at radius 3 is 2.91 bits per heavy atom. The van der Waals surface area contributed by atoms with Crippen LogP contribution in [0.2, 0.25) is 0 Å². The van der Waals surface area contributed by atoms with Gasteiger partial charge in [0, 0.05) is 18.0 Å². The number of carbonyl (C=O) groups is 1. The molecule has 2 aromatic rings. The van der Waals surface area contributed by atoms with E-state index in [9.17, 15) is 4.79 Å². The second kappa shape index (κ2) is 5.65. The van der Waals surface area contributed by atoms with Gasteiger partial charge in [-0.2, -0.15) is 0 Å². The molecule has 0 fully saturated rings. The molecule has 4 rings (SSSR count). The zero-order chi connectivity index (χ0) is 16.0. The van der Waals surface area contributed by atoms with E-state index in [0.29, 0.717) is 0 Å². The summed E-state index contributed by atoms with van der Waals surface area (Å²) in [5.41, 5.74) is 4.45. The van der Waals surface area contributed by atoms with Gasteiger partial charge in [0.1, 0.15) is 11.2 Å². The molecule has 3 heterocycles. The zero-order valence-electron chi connectivity index (χ0n) is 13.5. The molecule has 0 bridgehead atoms. The Balaban J connectivity index is 1.69. The normalized spacial score (nSPS) is 20.4. The highest BCUT2D eigenvalue weighted by Crippen LogP contribution is 2.40. The summed E-state index contributed by atoms with van der Waals surface area (Å²) in [6.45, 7) is 7.34. The zero-order valence-corrected chi connectivity index (χ0v) is 14.3. The Kier molecular flexibility index (Phi) is 3.62. The van der Waals surface area contributed by atoms with Gasteiger partial charge in [-0.15, -0.1) is 11.3 Å². The monoisotopic (exact) mass is 327 g/mol. The van der Waals surface area contributed by atoms with E-state index in [0.717, 1.165) is 42.2 Å². The molecule has 23 heavy (non-hydrogen) atoms. The van der Waals surface area contributed by atoms with Crippen molar-refractivity contribution in [3.8, 4) is 0 Å². The summed E-state index contributed by atoms with van der Waals surface area (Å²) in [7, 11) is 0. The lowest BCUT2D eigenvalue weighted by Gasteiger charge is -2.28. The van der Waals surface area contributed by atoms with Crippen LogP contribution in [0.1, 0.15) is 45.0 Å². The summed E-state index contributed by atoms with van der Waals surface area (Å²) in [6, 6.07) is 8.20. The third-order valence-corrected chi connectivity index (χ3v) is 6.01. The molecular formula is C18H21N3OS. The van der Waals surface area contributed by atoms with Crippen LogP contribution in [0.5, 0.6) is 0 Å². The Morgan fingerprint density at radius 2 is 2.13 bits per heavy atom. The largest absolute Gasteiger partial charge is 0.353 e. The fourth-order valence-electron chi connectivity index (χ4n) is 3.50. The van der Waals surface area contributed by atoms with E-state index >= 15 is 0 Å². The number of likely N-dealkylation sites (N-methyl/N-ethyl adjacent to an activating group) is 1. The van der Waals surface area contributed by atoms with Gasteiger partial charge in [0.2, 0.25) is 0 Å². The van der Waals surface area contributed by atoms with Crippen molar-refractivity contribution >= 4 is 22.2 Å². The Morgan fingerprint density at radius 1 is 1.30 bits per heavy atom. The van der Waals surface area contributed by atoms with Crippen molar-refractivity contribution in [1.82, 2.24) is 10.2 Å². The van der Waals surface area contributed by atoms with Crippen LogP contribution in [0.25, 0.3) is 0 Å². The van der Waals surface area contributed by atoms with Crippen LogP contribution in [0.3, 0.4) is 0 Å². The number of hydrogen-bond donors (Lipinski definition) is 2. The van der Waals surface area contributed by atoms with Crippen LogP contribution in [0, 0.1) is 6.92 Å². The number of hydrogen-bond acceptors (Lipinski definition) is 4. The van der Waals surface area contributed by atoms with Crippen LogP contribution in [-0.2, 0) is 13.0 Å². The van der Waals surface area contributed by atoms with Crippen molar-refractivity contribution in [2.75, 3.05) is 18.4 Å². The van der Waals surface area contributed by atoms with Crippen LogP contribution in [-0.4, -0.2) is 23.9 Å². The molecule has 0 spiro atoms. The second-order valence-corrected chi connectivity index (χ2v) is 7.34. The maximum absolute atomic E-state index is 12.7. The van der Waals surface area contributed by atoms with Crippen LogP contribution < -0.4 is 10.6 Å². The van der Waals surface area contributed by atoms with E-state index < -0.39 is 0 Å². The van der Waals surface area contributed by atoms with E-state index in [1.807, 2.05) is 12.1 Å². The summed E-state index contributed by atoms with van der Waals surface area (Å²) in [5.74, 6) is 0.0643. The number of carbonyl (C=O) groups excluding carboxylic acids is 1. The lowest BCUT2D eigenvalue weighted by Crippen LogP contribution is -2.39. The highest BCUT2D eigenvalue weighted by atomic mass is 32.1. The van der Waals surface area contributed by atoms with Crippen molar-refractivity contribution in [2.45, 2.75) is 33.0 Å². The Hall–Kier alpha value is -1.85. The number of nitrogens with zero attached hydrogens (tertiary/aromatic N) is 1. The number of anilines is 1. The summed E-state index contributed by atoms with van der Waals surface area (Å²) in [5, 5.41) is 7.71. The van der Waals surface area contributed by atoms with Gasteiger partial charge in [-0.3, -0.25) is 9.69 Å². The van der Waals surface area contributed by atoms with Crippen LogP contribution in [0.4, 0.5) is 5.00 Å². The maximum atomic E-state index is 12.7. The topological polar surface area (TPSA) is 44.4 Å². The average molecular weight is 327 g/mol. The molecule has 1 aromatic carbocycles. The van der Waals surface area contributed by atoms with Gasteiger partial charge < -0.3 is 10.6 Å². The quantitative estimate of drug-likeness (QED) is 0.889. The Labute approximate surface area is 140 Å². The summed E-state index contributed by atoms with van der Waals surface area (Å²) < 4.78 is 0. The number of aryl methyl sites for hydroxylation is 1. The molecule has 1 amide bonds. The molecule has 120 valence electrons. The molecule has 1 aromatic heterocycles. The number of benzene rings is 1. The Bertz CT molecular complexity index is 768. The van der Waals surface area contributed by atoms with Crippen molar-refractivity contribution in [3.63, 3.8) is 0 Å². The van der Waals surface area contributed by atoms with Gasteiger partial charge in [0.15, 0.2) is 0 Å². The van der Waals surface area contributed by atoms with E-state index in [1.165, 1.54) is 16.0 Å². The van der Waals surface area contributed by atoms with Crippen LogP contribution >= 0.6 is 11.3 Å². The SMILES string of the molecule is CCN1CCc2c(sc3c2C(=O)NC(c2ccccc2C)N3)C1. The minimum Gasteiger partial charge on any atom is -0.353 e. The molecule has 0 saturated carbocycles. The number of amides is 1. The fraction of sp³-hybridized carbons (Fsp3) is 0.389. The first-order valence-electron chi connectivity index (χ1n) is 8.17. The third kappa shape index (κ3) is 2.44. The highest BCUT2D eigenvalue weighted by molar-refractivity contribution is 7.16. The van der Waals surface area contributed by atoms with Crippen molar-refractivity contribution in [2.24, 2.45) is 0 Å². The predicted octanol–water partition coefficient (Wildman–Crippen LogP) is 3.29. The van der Waals surface area contributed by atoms with Gasteiger partial charge >= 0.3 is 0 Å². The van der Waals surface area contributed by atoms with E-state index in [4.69, 9.17) is 0 Å². The fourth-order valence-corrected chi connectivity index (χ4v) is 4.82. The molecule has 0 saturated heterocycles. The molecule has 2 aliphatic heterocycles. The number of fused-ring (bicyclic) bond motifs is 3. The van der Waals surface area contributed by atoms with E-state index in [1.54, 1.807) is 11.3 Å². The minimum atomic E-state index is -0.140. The first kappa shape index (κ1) is 14.7. The molecule has 0 aliphatic carbocycles. The summed E-state index contributed by atoms with van der Waals surface area (Å²) in [6.07, 6.45) is 0.831. The van der Waals surface area contributed by atoms with E-state index in [-0.39, 0.29) is 12.1 Å². The van der Waals surface area contributed by atoms with Gasteiger partial charge in [0.25, 0.3) is 5.91 Å². The van der Waals surface area contributed by atoms with Gasteiger partial charge in [-0.25, -0.2) is 0 Å². The summed E-state index contributed by atoms with van der Waals surface area (Å²) in [4.78, 5) is 16.5. The lowest BCUT2D eigenvalue weighted by molar-refractivity contribution is 0.0934. The maximum Gasteiger partial charge on any atom is 0.256 e. The molecule has 5 heteroatoms.